The van der Waals surface area contributed by atoms with Crippen molar-refractivity contribution in [3.05, 3.63) is 59.2 Å². The summed E-state index contributed by atoms with van der Waals surface area (Å²) in [4.78, 5) is 28.0. The number of carbonyl (C=O) groups is 2. The Balaban J connectivity index is 1.29. The molecule has 0 radical (unpaired) electrons. The number of benzene rings is 2. The van der Waals surface area contributed by atoms with Crippen molar-refractivity contribution in [3.63, 3.8) is 0 Å². The molecule has 2 aliphatic rings. The third-order valence-electron chi connectivity index (χ3n) is 7.72. The number of fused-ring (bicyclic) bond motifs is 1. The summed E-state index contributed by atoms with van der Waals surface area (Å²) in [5, 5.41) is 11.3. The summed E-state index contributed by atoms with van der Waals surface area (Å²) in [5.41, 5.74) is 2.76. The smallest absolute Gasteiger partial charge is 0.162 e. The van der Waals surface area contributed by atoms with Crippen LogP contribution in [0.15, 0.2) is 42.5 Å². The van der Waals surface area contributed by atoms with Gasteiger partial charge in [-0.05, 0) is 67.4 Å². The number of hydrogen-bond acceptors (Lipinski definition) is 6. The van der Waals surface area contributed by atoms with Gasteiger partial charge in [-0.3, -0.25) is 9.59 Å². The lowest BCUT2D eigenvalue weighted by Gasteiger charge is -2.28. The van der Waals surface area contributed by atoms with Crippen molar-refractivity contribution in [1.82, 2.24) is 4.90 Å². The normalized spacial score (nSPS) is 17.3. The van der Waals surface area contributed by atoms with Crippen LogP contribution < -0.4 is 9.47 Å². The van der Waals surface area contributed by atoms with Crippen molar-refractivity contribution in [3.8, 4) is 11.5 Å². The third-order valence-corrected chi connectivity index (χ3v) is 7.72. The summed E-state index contributed by atoms with van der Waals surface area (Å²) in [6.07, 6.45) is 4.14. The average molecular weight is 522 g/mol. The molecule has 2 heterocycles. The maximum atomic E-state index is 13.0. The maximum Gasteiger partial charge on any atom is 0.162 e. The number of hydrogen-bond donors (Lipinski definition) is 1. The van der Waals surface area contributed by atoms with Gasteiger partial charge in [-0.25, -0.2) is 0 Å². The van der Waals surface area contributed by atoms with Crippen molar-refractivity contribution in [2.45, 2.75) is 77.2 Å². The molecule has 0 bridgehead atoms. The van der Waals surface area contributed by atoms with E-state index in [0.717, 1.165) is 37.1 Å². The molecule has 0 amide bonds. The van der Waals surface area contributed by atoms with Crippen molar-refractivity contribution >= 4 is 11.6 Å². The lowest BCUT2D eigenvalue weighted by Crippen LogP contribution is -2.31. The molecule has 6 heteroatoms. The molecule has 1 fully saturated rings. The van der Waals surface area contributed by atoms with Crippen LogP contribution in [0.2, 0.25) is 0 Å². The number of aliphatic hydroxyl groups excluding tert-OH is 1. The molecule has 0 aromatic heterocycles. The van der Waals surface area contributed by atoms with Crippen LogP contribution in [0.1, 0.15) is 93.3 Å². The first-order chi connectivity index (χ1) is 18.2. The molecule has 0 saturated carbocycles. The highest BCUT2D eigenvalue weighted by Crippen LogP contribution is 2.36. The molecule has 1 saturated heterocycles. The van der Waals surface area contributed by atoms with E-state index in [4.69, 9.17) is 9.47 Å². The molecule has 4 rings (SSSR count). The second kappa shape index (κ2) is 12.9. The van der Waals surface area contributed by atoms with E-state index >= 15 is 0 Å². The first-order valence-corrected chi connectivity index (χ1v) is 14.2. The van der Waals surface area contributed by atoms with E-state index in [1.807, 2.05) is 42.5 Å². The van der Waals surface area contributed by atoms with Crippen molar-refractivity contribution in [2.75, 3.05) is 32.8 Å². The summed E-state index contributed by atoms with van der Waals surface area (Å²) in [7, 11) is 0. The average Bonchev–Trinajstić information content (AvgIpc) is 3.42. The summed E-state index contributed by atoms with van der Waals surface area (Å²) < 4.78 is 11.3. The van der Waals surface area contributed by atoms with Crippen LogP contribution >= 0.6 is 0 Å². The number of nitrogens with zero attached hydrogens (tertiary/aromatic N) is 1. The van der Waals surface area contributed by atoms with E-state index in [9.17, 15) is 14.7 Å². The second-order valence-corrected chi connectivity index (χ2v) is 11.8. The molecule has 2 atom stereocenters. The number of Topliss-reactive ketones (excluding diaryl/α,β-unsaturated/α-hetero) is 2. The van der Waals surface area contributed by atoms with Crippen molar-refractivity contribution in [1.29, 1.82) is 0 Å². The van der Waals surface area contributed by atoms with Gasteiger partial charge in [0.2, 0.25) is 0 Å². The maximum absolute atomic E-state index is 13.0. The molecule has 0 aliphatic carbocycles. The number of ketones is 2. The van der Waals surface area contributed by atoms with Crippen molar-refractivity contribution in [2.24, 2.45) is 5.92 Å². The van der Waals surface area contributed by atoms with Crippen LogP contribution in [-0.2, 0) is 10.2 Å². The Kier molecular flexibility index (Phi) is 9.61. The largest absolute Gasteiger partial charge is 0.486 e. The van der Waals surface area contributed by atoms with E-state index in [2.05, 4.69) is 25.7 Å². The van der Waals surface area contributed by atoms with Gasteiger partial charge in [0.25, 0.3) is 0 Å². The second-order valence-electron chi connectivity index (χ2n) is 11.8. The van der Waals surface area contributed by atoms with E-state index in [1.54, 1.807) is 0 Å². The zero-order chi connectivity index (χ0) is 27.1. The molecule has 38 heavy (non-hydrogen) atoms. The van der Waals surface area contributed by atoms with Crippen LogP contribution in [0.25, 0.3) is 0 Å². The molecule has 2 aromatic carbocycles. The molecule has 206 valence electrons. The minimum Gasteiger partial charge on any atom is -0.486 e. The number of rotatable bonds is 12. The van der Waals surface area contributed by atoms with Gasteiger partial charge in [-0.1, -0.05) is 51.1 Å². The highest BCUT2D eigenvalue weighted by atomic mass is 16.6. The Hall–Kier alpha value is -2.70. The summed E-state index contributed by atoms with van der Waals surface area (Å²) in [5.74, 6) is 1.42. The standard InChI is InChI=1S/C32H43NO5/c1-32(2,3)26-13-10-23(11-14-26)28(35)9-5-4-8-27(34)20-25(22-33-16-6-7-17-33)31(36)24-12-15-29-30(21-24)38-19-18-37-29/h10-15,21,25,31,36H,4-9,16-20,22H2,1-3H3/t25-,31-/m1/s1. The first kappa shape index (κ1) is 28.3. The van der Waals surface area contributed by atoms with Gasteiger partial charge in [0.15, 0.2) is 17.3 Å². The zero-order valence-corrected chi connectivity index (χ0v) is 23.2. The van der Waals surface area contributed by atoms with Gasteiger partial charge >= 0.3 is 0 Å². The van der Waals surface area contributed by atoms with Crippen LogP contribution in [0.5, 0.6) is 11.5 Å². The summed E-state index contributed by atoms with van der Waals surface area (Å²) in [6.45, 7) is 10.2. The first-order valence-electron chi connectivity index (χ1n) is 14.2. The highest BCUT2D eigenvalue weighted by molar-refractivity contribution is 5.96. The quantitative estimate of drug-likeness (QED) is 0.277. The fraction of sp³-hybridized carbons (Fsp3) is 0.562. The van der Waals surface area contributed by atoms with Gasteiger partial charge in [0.1, 0.15) is 19.0 Å². The Morgan fingerprint density at radius 1 is 0.921 bits per heavy atom. The number of unbranched alkanes of at least 4 members (excludes halogenated alkanes) is 1. The van der Waals surface area contributed by atoms with E-state index in [1.165, 1.54) is 5.56 Å². The lowest BCUT2D eigenvalue weighted by molar-refractivity contribution is -0.121. The van der Waals surface area contributed by atoms with Gasteiger partial charge in [-0.2, -0.15) is 0 Å². The van der Waals surface area contributed by atoms with Crippen molar-refractivity contribution < 1.29 is 24.2 Å². The van der Waals surface area contributed by atoms with E-state index in [-0.39, 0.29) is 22.9 Å². The molecule has 1 N–H and O–H groups in total. The van der Waals surface area contributed by atoms with E-state index in [0.29, 0.717) is 63.4 Å². The SMILES string of the molecule is CC(C)(C)c1ccc(C(=O)CCCCC(=O)C[C@H](CN2CCCC2)[C@H](O)c2ccc3c(c2)OCCO3)cc1. The summed E-state index contributed by atoms with van der Waals surface area (Å²) >= 11 is 0. The Morgan fingerprint density at radius 2 is 1.58 bits per heavy atom. The predicted molar refractivity (Wildman–Crippen MR) is 149 cm³/mol. The minimum absolute atomic E-state index is 0.0598. The fourth-order valence-electron chi connectivity index (χ4n) is 5.39. The predicted octanol–water partition coefficient (Wildman–Crippen LogP) is 5.90. The van der Waals surface area contributed by atoms with Gasteiger partial charge in [-0.15, -0.1) is 0 Å². The lowest BCUT2D eigenvalue weighted by atomic mass is 9.86. The topological polar surface area (TPSA) is 76.1 Å². The molecule has 0 spiro atoms. The summed E-state index contributed by atoms with van der Waals surface area (Å²) in [6, 6.07) is 13.5. The minimum atomic E-state index is -0.756. The molecular weight excluding hydrogens is 478 g/mol. The molecular formula is C32H43NO5. The molecule has 2 aromatic rings. The van der Waals surface area contributed by atoms with Crippen LogP contribution in [0, 0.1) is 5.92 Å². The number of carbonyl (C=O) groups excluding carboxylic acids is 2. The monoisotopic (exact) mass is 521 g/mol. The van der Waals surface area contributed by atoms with Crippen LogP contribution in [-0.4, -0.2) is 54.4 Å². The van der Waals surface area contributed by atoms with Crippen LogP contribution in [0.4, 0.5) is 0 Å². The zero-order valence-electron chi connectivity index (χ0n) is 23.2. The Bertz CT molecular complexity index is 1080. The van der Waals surface area contributed by atoms with Gasteiger partial charge < -0.3 is 19.5 Å². The number of ether oxygens (including phenoxy) is 2. The van der Waals surface area contributed by atoms with Crippen LogP contribution in [0.3, 0.4) is 0 Å². The Labute approximate surface area is 227 Å². The van der Waals surface area contributed by atoms with E-state index < -0.39 is 6.10 Å². The Morgan fingerprint density at radius 3 is 2.26 bits per heavy atom. The third kappa shape index (κ3) is 7.67. The highest BCUT2D eigenvalue weighted by Gasteiger charge is 2.28. The number of likely N-dealkylation sites (tertiary alicyclic amines) is 1. The van der Waals surface area contributed by atoms with Gasteiger partial charge in [0, 0.05) is 37.3 Å². The molecule has 0 unspecified atom stereocenters. The molecule has 2 aliphatic heterocycles. The number of aliphatic hydroxyl groups is 1. The fourth-order valence-corrected chi connectivity index (χ4v) is 5.39. The van der Waals surface area contributed by atoms with Gasteiger partial charge in [0.05, 0.1) is 6.10 Å². The molecule has 6 nitrogen and oxygen atoms in total.